The number of nitrogens with zero attached hydrogens (tertiary/aromatic N) is 2. The summed E-state index contributed by atoms with van der Waals surface area (Å²) >= 11 is 0. The number of nitrogens with two attached hydrogens (primary N) is 1. The Labute approximate surface area is 107 Å². The van der Waals surface area contributed by atoms with Crippen molar-refractivity contribution >= 4 is 21.5 Å². The van der Waals surface area contributed by atoms with E-state index in [9.17, 15) is 8.42 Å². The Morgan fingerprint density at radius 3 is 2.56 bits per heavy atom. The number of sulfone groups is 1. The summed E-state index contributed by atoms with van der Waals surface area (Å²) in [5.74, 6) is 6.79. The Bertz CT molecular complexity index is 489. The molecule has 0 amide bonds. The van der Waals surface area contributed by atoms with Gasteiger partial charge >= 0.3 is 0 Å². The zero-order valence-electron chi connectivity index (χ0n) is 10.6. The largest absolute Gasteiger partial charge is 0.370 e. The van der Waals surface area contributed by atoms with Crippen LogP contribution < -0.4 is 16.6 Å². The quantitative estimate of drug-likeness (QED) is 0.369. The maximum atomic E-state index is 11.0. The number of nitrogens with one attached hydrogen (secondary N) is 2. The molecule has 0 unspecified atom stereocenters. The molecule has 0 bridgehead atoms. The van der Waals surface area contributed by atoms with Gasteiger partial charge in [0.15, 0.2) is 0 Å². The minimum Gasteiger partial charge on any atom is -0.370 e. The summed E-state index contributed by atoms with van der Waals surface area (Å²) in [6.45, 7) is 2.52. The molecule has 102 valence electrons. The van der Waals surface area contributed by atoms with Crippen LogP contribution in [0.3, 0.4) is 0 Å². The zero-order valence-corrected chi connectivity index (χ0v) is 11.4. The number of aromatic nitrogens is 2. The third-order valence-corrected chi connectivity index (χ3v) is 3.45. The SMILES string of the molecule is CCc1c(NN)ncnc1NCCCS(C)(=O)=O. The van der Waals surface area contributed by atoms with Gasteiger partial charge in [0.1, 0.15) is 27.8 Å². The van der Waals surface area contributed by atoms with E-state index in [1.165, 1.54) is 12.6 Å². The van der Waals surface area contributed by atoms with Crippen molar-refractivity contribution in [2.75, 3.05) is 29.3 Å². The number of anilines is 2. The fourth-order valence-electron chi connectivity index (χ4n) is 1.57. The normalized spacial score (nSPS) is 11.3. The molecule has 1 heterocycles. The molecule has 1 aromatic rings. The summed E-state index contributed by atoms with van der Waals surface area (Å²) < 4.78 is 22.0. The molecular formula is C10H19N5O2S. The van der Waals surface area contributed by atoms with Gasteiger partial charge in [0.25, 0.3) is 0 Å². The second-order valence-electron chi connectivity index (χ2n) is 3.96. The van der Waals surface area contributed by atoms with E-state index in [4.69, 9.17) is 5.84 Å². The highest BCUT2D eigenvalue weighted by atomic mass is 32.2. The van der Waals surface area contributed by atoms with Gasteiger partial charge in [0.05, 0.1) is 5.75 Å². The standard InChI is InChI=1S/C10H19N5O2S/c1-3-8-9(13-7-14-10(8)15-11)12-5-4-6-18(2,16)17/h7H,3-6,11H2,1-2H3,(H2,12,13,14,15). The van der Waals surface area contributed by atoms with Crippen LogP contribution in [0.15, 0.2) is 6.33 Å². The summed E-state index contributed by atoms with van der Waals surface area (Å²) in [6, 6.07) is 0. The maximum absolute atomic E-state index is 11.0. The number of hydrogen-bond acceptors (Lipinski definition) is 7. The molecule has 0 aliphatic carbocycles. The van der Waals surface area contributed by atoms with Gasteiger partial charge in [-0.25, -0.2) is 24.2 Å². The minimum atomic E-state index is -2.91. The first-order valence-corrected chi connectivity index (χ1v) is 7.76. The second-order valence-corrected chi connectivity index (χ2v) is 6.22. The molecule has 0 spiro atoms. The topological polar surface area (TPSA) is 110 Å². The van der Waals surface area contributed by atoms with Crippen LogP contribution in [0, 0.1) is 0 Å². The van der Waals surface area contributed by atoms with Gasteiger partial charge in [-0.15, -0.1) is 0 Å². The number of rotatable bonds is 7. The summed E-state index contributed by atoms with van der Waals surface area (Å²) in [6.07, 6.45) is 3.91. The monoisotopic (exact) mass is 273 g/mol. The van der Waals surface area contributed by atoms with Crippen LogP contribution in [0.25, 0.3) is 0 Å². The third kappa shape index (κ3) is 4.46. The zero-order chi connectivity index (χ0) is 13.6. The van der Waals surface area contributed by atoms with Crippen LogP contribution in [0.1, 0.15) is 18.9 Å². The van der Waals surface area contributed by atoms with Gasteiger partial charge in [-0.05, 0) is 12.8 Å². The lowest BCUT2D eigenvalue weighted by molar-refractivity contribution is 0.600. The molecule has 4 N–H and O–H groups in total. The van der Waals surface area contributed by atoms with Crippen LogP contribution in [0.5, 0.6) is 0 Å². The fourth-order valence-corrected chi connectivity index (χ4v) is 2.23. The fraction of sp³-hybridized carbons (Fsp3) is 0.600. The van der Waals surface area contributed by atoms with E-state index in [1.54, 1.807) is 0 Å². The number of hydrogen-bond donors (Lipinski definition) is 3. The Kier molecular flexibility index (Phi) is 5.29. The number of nitrogen functional groups attached to an aromatic ring is 1. The van der Waals surface area contributed by atoms with Gasteiger partial charge < -0.3 is 10.7 Å². The Balaban J connectivity index is 2.62. The lowest BCUT2D eigenvalue weighted by atomic mass is 10.2. The molecule has 7 nitrogen and oxygen atoms in total. The Hall–Kier alpha value is -1.41. The average Bonchev–Trinajstić information content (AvgIpc) is 2.32. The predicted molar refractivity (Wildman–Crippen MR) is 72.0 cm³/mol. The Morgan fingerprint density at radius 2 is 2.00 bits per heavy atom. The first-order chi connectivity index (χ1) is 8.48. The van der Waals surface area contributed by atoms with Crippen molar-refractivity contribution in [3.05, 3.63) is 11.9 Å². The van der Waals surface area contributed by atoms with E-state index < -0.39 is 9.84 Å². The molecule has 18 heavy (non-hydrogen) atoms. The molecule has 0 saturated heterocycles. The van der Waals surface area contributed by atoms with E-state index >= 15 is 0 Å². The molecule has 8 heteroatoms. The molecular weight excluding hydrogens is 254 g/mol. The summed E-state index contributed by atoms with van der Waals surface area (Å²) in [4.78, 5) is 8.14. The first-order valence-electron chi connectivity index (χ1n) is 5.70. The smallest absolute Gasteiger partial charge is 0.148 e. The van der Waals surface area contributed by atoms with E-state index in [0.717, 1.165) is 12.0 Å². The van der Waals surface area contributed by atoms with Gasteiger partial charge in [0.2, 0.25) is 0 Å². The molecule has 1 aromatic heterocycles. The van der Waals surface area contributed by atoms with Crippen molar-refractivity contribution in [2.24, 2.45) is 5.84 Å². The maximum Gasteiger partial charge on any atom is 0.148 e. The molecule has 0 atom stereocenters. The van der Waals surface area contributed by atoms with Gasteiger partial charge in [0, 0.05) is 18.4 Å². The lowest BCUT2D eigenvalue weighted by Gasteiger charge is -2.12. The predicted octanol–water partition coefficient (Wildman–Crippen LogP) is 0.171. The highest BCUT2D eigenvalue weighted by Crippen LogP contribution is 2.19. The van der Waals surface area contributed by atoms with Crippen molar-refractivity contribution in [3.63, 3.8) is 0 Å². The van der Waals surface area contributed by atoms with Crippen molar-refractivity contribution in [2.45, 2.75) is 19.8 Å². The van der Waals surface area contributed by atoms with Crippen molar-refractivity contribution in [1.82, 2.24) is 9.97 Å². The molecule has 1 rings (SSSR count). The van der Waals surface area contributed by atoms with Crippen LogP contribution in [0.4, 0.5) is 11.6 Å². The second kappa shape index (κ2) is 6.50. The molecule has 0 aromatic carbocycles. The Morgan fingerprint density at radius 1 is 1.33 bits per heavy atom. The van der Waals surface area contributed by atoms with Crippen LogP contribution in [-0.2, 0) is 16.3 Å². The molecule has 0 aliphatic heterocycles. The van der Waals surface area contributed by atoms with Gasteiger partial charge in [-0.3, -0.25) is 0 Å². The molecule has 0 radical (unpaired) electrons. The molecule has 0 fully saturated rings. The minimum absolute atomic E-state index is 0.161. The van der Waals surface area contributed by atoms with E-state index in [0.29, 0.717) is 24.6 Å². The van der Waals surface area contributed by atoms with Crippen LogP contribution in [-0.4, -0.2) is 36.9 Å². The van der Waals surface area contributed by atoms with E-state index in [2.05, 4.69) is 20.7 Å². The first kappa shape index (κ1) is 14.7. The summed E-state index contributed by atoms with van der Waals surface area (Å²) in [7, 11) is -2.91. The van der Waals surface area contributed by atoms with E-state index in [1.807, 2.05) is 6.92 Å². The van der Waals surface area contributed by atoms with Crippen molar-refractivity contribution < 1.29 is 8.42 Å². The average molecular weight is 273 g/mol. The molecule has 0 aliphatic rings. The summed E-state index contributed by atoms with van der Waals surface area (Å²) in [5.41, 5.74) is 3.40. The summed E-state index contributed by atoms with van der Waals surface area (Å²) in [5, 5.41) is 3.10. The van der Waals surface area contributed by atoms with Crippen LogP contribution in [0.2, 0.25) is 0 Å². The number of hydrazine groups is 1. The van der Waals surface area contributed by atoms with Crippen molar-refractivity contribution in [1.29, 1.82) is 0 Å². The highest BCUT2D eigenvalue weighted by Gasteiger charge is 2.08. The van der Waals surface area contributed by atoms with Crippen molar-refractivity contribution in [3.8, 4) is 0 Å². The van der Waals surface area contributed by atoms with E-state index in [-0.39, 0.29) is 5.75 Å². The van der Waals surface area contributed by atoms with Gasteiger partial charge in [-0.1, -0.05) is 6.92 Å². The van der Waals surface area contributed by atoms with Gasteiger partial charge in [-0.2, -0.15) is 0 Å². The third-order valence-electron chi connectivity index (χ3n) is 2.42. The molecule has 0 saturated carbocycles. The lowest BCUT2D eigenvalue weighted by Crippen LogP contribution is -2.15. The van der Waals surface area contributed by atoms with Crippen LogP contribution >= 0.6 is 0 Å². The highest BCUT2D eigenvalue weighted by molar-refractivity contribution is 7.90.